The van der Waals surface area contributed by atoms with Gasteiger partial charge in [0.2, 0.25) is 5.91 Å². The second-order valence-electron chi connectivity index (χ2n) is 4.82. The molecule has 3 nitrogen and oxygen atoms in total. The van der Waals surface area contributed by atoms with E-state index in [1.807, 2.05) is 7.05 Å². The van der Waals surface area contributed by atoms with Gasteiger partial charge >= 0.3 is 0 Å². The Labute approximate surface area is 105 Å². The summed E-state index contributed by atoms with van der Waals surface area (Å²) in [5.74, 6) is 2.79. The van der Waals surface area contributed by atoms with Crippen LogP contribution < -0.4 is 10.6 Å². The molecule has 1 rings (SSSR count). The molecule has 1 aliphatic carbocycles. The van der Waals surface area contributed by atoms with Crippen molar-refractivity contribution >= 4 is 5.91 Å². The summed E-state index contributed by atoms with van der Waals surface area (Å²) in [6.45, 7) is 0. The highest BCUT2D eigenvalue weighted by Gasteiger charge is 2.20. The van der Waals surface area contributed by atoms with Gasteiger partial charge in [0, 0.05) is 24.9 Å². The molecule has 1 amide bonds. The highest BCUT2D eigenvalue weighted by atomic mass is 16.1. The summed E-state index contributed by atoms with van der Waals surface area (Å²) in [4.78, 5) is 11.6. The van der Waals surface area contributed by atoms with Gasteiger partial charge in [-0.1, -0.05) is 0 Å². The zero-order valence-corrected chi connectivity index (χ0v) is 10.8. The van der Waals surface area contributed by atoms with Crippen LogP contribution >= 0.6 is 0 Å². The summed E-state index contributed by atoms with van der Waals surface area (Å²) in [5, 5.41) is 6.42. The van der Waals surface area contributed by atoms with Gasteiger partial charge in [-0.15, -0.1) is 12.3 Å². The third-order valence-electron chi connectivity index (χ3n) is 3.48. The summed E-state index contributed by atoms with van der Waals surface area (Å²) in [6.07, 6.45) is 12.9. The molecule has 0 atom stereocenters. The molecule has 1 saturated carbocycles. The maximum Gasteiger partial charge on any atom is 0.220 e. The lowest BCUT2D eigenvalue weighted by Crippen LogP contribution is -2.41. The smallest absolute Gasteiger partial charge is 0.220 e. The van der Waals surface area contributed by atoms with E-state index in [1.165, 1.54) is 12.8 Å². The molecule has 0 aromatic carbocycles. The SMILES string of the molecule is C#CCCCCC(=O)NC1CCC(NC)CC1. The highest BCUT2D eigenvalue weighted by Crippen LogP contribution is 2.18. The summed E-state index contributed by atoms with van der Waals surface area (Å²) in [5.41, 5.74) is 0. The van der Waals surface area contributed by atoms with E-state index in [1.54, 1.807) is 0 Å². The second kappa shape index (κ2) is 8.14. The lowest BCUT2D eigenvalue weighted by molar-refractivity contribution is -0.122. The van der Waals surface area contributed by atoms with Gasteiger partial charge in [-0.3, -0.25) is 4.79 Å². The maximum atomic E-state index is 11.6. The van der Waals surface area contributed by atoms with Crippen LogP contribution in [-0.2, 0) is 4.79 Å². The van der Waals surface area contributed by atoms with Crippen LogP contribution in [0.25, 0.3) is 0 Å². The fourth-order valence-corrected chi connectivity index (χ4v) is 2.34. The lowest BCUT2D eigenvalue weighted by Gasteiger charge is -2.28. The number of unbranched alkanes of at least 4 members (excludes halogenated alkanes) is 2. The van der Waals surface area contributed by atoms with E-state index in [-0.39, 0.29) is 5.91 Å². The standard InChI is InChI=1S/C14H24N2O/c1-3-4-5-6-7-14(17)16-13-10-8-12(15-2)9-11-13/h1,12-13,15H,4-11H2,2H3,(H,16,17). The Kier molecular flexibility index (Phi) is 6.73. The first kappa shape index (κ1) is 14.1. The minimum absolute atomic E-state index is 0.190. The van der Waals surface area contributed by atoms with Crippen molar-refractivity contribution in [1.82, 2.24) is 10.6 Å². The van der Waals surface area contributed by atoms with E-state index in [2.05, 4.69) is 16.6 Å². The zero-order chi connectivity index (χ0) is 12.5. The van der Waals surface area contributed by atoms with E-state index in [0.29, 0.717) is 18.5 Å². The topological polar surface area (TPSA) is 41.1 Å². The van der Waals surface area contributed by atoms with Gasteiger partial charge in [-0.2, -0.15) is 0 Å². The molecule has 2 N–H and O–H groups in total. The molecule has 0 spiro atoms. The van der Waals surface area contributed by atoms with E-state index >= 15 is 0 Å². The molecule has 0 saturated heterocycles. The third-order valence-corrected chi connectivity index (χ3v) is 3.48. The van der Waals surface area contributed by atoms with E-state index in [4.69, 9.17) is 6.42 Å². The van der Waals surface area contributed by atoms with Crippen LogP contribution in [0.5, 0.6) is 0 Å². The van der Waals surface area contributed by atoms with E-state index in [9.17, 15) is 4.79 Å². The number of carbonyl (C=O) groups excluding carboxylic acids is 1. The first-order valence-corrected chi connectivity index (χ1v) is 6.66. The molecule has 0 aromatic rings. The normalized spacial score (nSPS) is 24.0. The molecule has 0 unspecified atom stereocenters. The Morgan fingerprint density at radius 3 is 2.47 bits per heavy atom. The summed E-state index contributed by atoms with van der Waals surface area (Å²) in [7, 11) is 2.01. The number of hydrogen-bond acceptors (Lipinski definition) is 2. The van der Waals surface area contributed by atoms with Crippen LogP contribution in [0.3, 0.4) is 0 Å². The molecule has 0 aromatic heterocycles. The van der Waals surface area contributed by atoms with Gasteiger partial charge in [-0.25, -0.2) is 0 Å². The molecule has 17 heavy (non-hydrogen) atoms. The molecule has 0 aliphatic heterocycles. The van der Waals surface area contributed by atoms with Crippen LogP contribution in [0.15, 0.2) is 0 Å². The molecular formula is C14H24N2O. The number of terminal acetylenes is 1. The fraction of sp³-hybridized carbons (Fsp3) is 0.786. The van der Waals surface area contributed by atoms with Gasteiger partial charge in [0.15, 0.2) is 0 Å². The van der Waals surface area contributed by atoms with Gasteiger partial charge in [0.1, 0.15) is 0 Å². The second-order valence-corrected chi connectivity index (χ2v) is 4.82. The average molecular weight is 236 g/mol. The van der Waals surface area contributed by atoms with Crippen molar-refractivity contribution in [1.29, 1.82) is 0 Å². The minimum Gasteiger partial charge on any atom is -0.353 e. The van der Waals surface area contributed by atoms with Crippen molar-refractivity contribution in [3.63, 3.8) is 0 Å². The first-order valence-electron chi connectivity index (χ1n) is 6.66. The fourth-order valence-electron chi connectivity index (χ4n) is 2.34. The Morgan fingerprint density at radius 1 is 1.24 bits per heavy atom. The van der Waals surface area contributed by atoms with Gasteiger partial charge in [-0.05, 0) is 45.6 Å². The number of hydrogen-bond donors (Lipinski definition) is 2. The van der Waals surface area contributed by atoms with Crippen molar-refractivity contribution in [3.05, 3.63) is 0 Å². The highest BCUT2D eigenvalue weighted by molar-refractivity contribution is 5.76. The number of carbonyl (C=O) groups is 1. The molecule has 1 fully saturated rings. The largest absolute Gasteiger partial charge is 0.353 e. The summed E-state index contributed by atoms with van der Waals surface area (Å²) in [6, 6.07) is 1.03. The molecular weight excluding hydrogens is 212 g/mol. The first-order chi connectivity index (χ1) is 8.26. The summed E-state index contributed by atoms with van der Waals surface area (Å²) < 4.78 is 0. The van der Waals surface area contributed by atoms with Gasteiger partial charge < -0.3 is 10.6 Å². The lowest BCUT2D eigenvalue weighted by atomic mass is 9.91. The maximum absolute atomic E-state index is 11.6. The molecule has 0 radical (unpaired) electrons. The van der Waals surface area contributed by atoms with Crippen LogP contribution in [-0.4, -0.2) is 25.0 Å². The quantitative estimate of drug-likeness (QED) is 0.545. The summed E-state index contributed by atoms with van der Waals surface area (Å²) >= 11 is 0. The number of rotatable bonds is 6. The zero-order valence-electron chi connectivity index (χ0n) is 10.8. The van der Waals surface area contributed by atoms with Crippen LogP contribution in [0.2, 0.25) is 0 Å². The predicted molar refractivity (Wildman–Crippen MR) is 70.5 cm³/mol. The van der Waals surface area contributed by atoms with Gasteiger partial charge in [0.25, 0.3) is 0 Å². The van der Waals surface area contributed by atoms with Crippen molar-refractivity contribution < 1.29 is 4.79 Å². The van der Waals surface area contributed by atoms with Crippen molar-refractivity contribution in [3.8, 4) is 12.3 Å². The minimum atomic E-state index is 0.190. The number of amides is 1. The van der Waals surface area contributed by atoms with Crippen molar-refractivity contribution in [2.45, 2.75) is 63.5 Å². The Bertz CT molecular complexity index is 262. The van der Waals surface area contributed by atoms with Crippen molar-refractivity contribution in [2.75, 3.05) is 7.05 Å². The monoisotopic (exact) mass is 236 g/mol. The third kappa shape index (κ3) is 5.74. The van der Waals surface area contributed by atoms with Crippen molar-refractivity contribution in [2.24, 2.45) is 0 Å². The van der Waals surface area contributed by atoms with Crippen LogP contribution in [0, 0.1) is 12.3 Å². The average Bonchev–Trinajstić information content (AvgIpc) is 2.36. The molecule has 0 heterocycles. The molecule has 0 bridgehead atoms. The van der Waals surface area contributed by atoms with E-state index < -0.39 is 0 Å². The molecule has 96 valence electrons. The molecule has 3 heteroatoms. The van der Waals surface area contributed by atoms with Crippen LogP contribution in [0.1, 0.15) is 51.4 Å². The number of nitrogens with one attached hydrogen (secondary N) is 2. The Hall–Kier alpha value is -1.01. The van der Waals surface area contributed by atoms with Gasteiger partial charge in [0.05, 0.1) is 0 Å². The predicted octanol–water partition coefficient (Wildman–Crippen LogP) is 1.83. The Morgan fingerprint density at radius 2 is 1.88 bits per heavy atom. The molecule has 1 aliphatic rings. The van der Waals surface area contributed by atoms with E-state index in [0.717, 1.165) is 32.1 Å². The Balaban J connectivity index is 2.09. The van der Waals surface area contributed by atoms with Crippen LogP contribution in [0.4, 0.5) is 0 Å².